The van der Waals surface area contributed by atoms with Crippen molar-refractivity contribution in [3.63, 3.8) is 0 Å². The second-order valence-electron chi connectivity index (χ2n) is 8.64. The van der Waals surface area contributed by atoms with E-state index in [-0.39, 0.29) is 18.4 Å². The fraction of sp³-hybridized carbons (Fsp3) is 0.385. The largest absolute Gasteiger partial charge is 0.354 e. The molecule has 168 valence electrons. The molecular weight excluding hydrogens is 418 g/mol. The highest BCUT2D eigenvalue weighted by molar-refractivity contribution is 8.04. The molecule has 2 atom stereocenters. The monoisotopic (exact) mass is 450 g/mol. The van der Waals surface area contributed by atoms with E-state index in [0.29, 0.717) is 17.5 Å². The number of anilines is 1. The third-order valence-electron chi connectivity index (χ3n) is 6.31. The van der Waals surface area contributed by atoms with Crippen molar-refractivity contribution in [3.05, 3.63) is 65.1 Å². The maximum Gasteiger partial charge on any atom is 0.265 e. The second-order valence-corrected chi connectivity index (χ2v) is 9.72. The molecular formula is C26H32N3O2S+. The number of para-hydroxylation sites is 1. The van der Waals surface area contributed by atoms with E-state index in [1.807, 2.05) is 60.7 Å². The van der Waals surface area contributed by atoms with E-state index in [0.717, 1.165) is 29.1 Å². The Morgan fingerprint density at radius 2 is 1.94 bits per heavy atom. The van der Waals surface area contributed by atoms with Crippen molar-refractivity contribution in [2.24, 2.45) is 0 Å². The Balaban J connectivity index is 1.38. The van der Waals surface area contributed by atoms with Gasteiger partial charge in [-0.05, 0) is 50.0 Å². The van der Waals surface area contributed by atoms with E-state index in [9.17, 15) is 9.59 Å². The lowest BCUT2D eigenvalue weighted by atomic mass is 10.0. The summed E-state index contributed by atoms with van der Waals surface area (Å²) in [5, 5.41) is 3.03. The van der Waals surface area contributed by atoms with Crippen LogP contribution in [-0.4, -0.2) is 44.0 Å². The van der Waals surface area contributed by atoms with Crippen LogP contribution in [0.5, 0.6) is 0 Å². The third-order valence-corrected chi connectivity index (χ3v) is 7.39. The molecule has 2 aliphatic rings. The number of amides is 2. The third kappa shape index (κ3) is 5.61. The molecule has 6 heteroatoms. The van der Waals surface area contributed by atoms with Gasteiger partial charge in [-0.2, -0.15) is 0 Å². The Labute approximate surface area is 194 Å². The number of likely N-dealkylation sites (tertiary alicyclic amines) is 1. The number of piperidine rings is 1. The summed E-state index contributed by atoms with van der Waals surface area (Å²) in [7, 11) is 0. The van der Waals surface area contributed by atoms with Crippen molar-refractivity contribution in [2.45, 2.75) is 43.5 Å². The zero-order valence-electron chi connectivity index (χ0n) is 18.7. The number of fused-ring (bicyclic) bond motifs is 1. The SMILES string of the molecule is CC1CCCC[NH+]1CCCNC(=O)CN1C(=O)C(=Cc2ccccc2)Sc2ccccc21. The van der Waals surface area contributed by atoms with Crippen LogP contribution in [-0.2, 0) is 9.59 Å². The lowest BCUT2D eigenvalue weighted by Crippen LogP contribution is -3.16. The van der Waals surface area contributed by atoms with Gasteiger partial charge in [-0.3, -0.25) is 14.5 Å². The van der Waals surface area contributed by atoms with Gasteiger partial charge < -0.3 is 10.2 Å². The molecule has 2 amide bonds. The minimum atomic E-state index is -0.126. The molecule has 0 radical (unpaired) electrons. The molecule has 5 nitrogen and oxygen atoms in total. The summed E-state index contributed by atoms with van der Waals surface area (Å²) in [4.78, 5) is 30.8. The molecule has 0 aliphatic carbocycles. The summed E-state index contributed by atoms with van der Waals surface area (Å²) in [6.07, 6.45) is 6.81. The van der Waals surface area contributed by atoms with Crippen molar-refractivity contribution in [2.75, 3.05) is 31.1 Å². The maximum absolute atomic E-state index is 13.3. The molecule has 0 bridgehead atoms. The van der Waals surface area contributed by atoms with Gasteiger partial charge in [-0.1, -0.05) is 54.2 Å². The van der Waals surface area contributed by atoms with E-state index < -0.39 is 0 Å². The quantitative estimate of drug-likeness (QED) is 0.503. The highest BCUT2D eigenvalue weighted by Crippen LogP contribution is 2.41. The van der Waals surface area contributed by atoms with Crippen LogP contribution in [0.1, 0.15) is 38.2 Å². The smallest absolute Gasteiger partial charge is 0.265 e. The van der Waals surface area contributed by atoms with Crippen molar-refractivity contribution < 1.29 is 14.5 Å². The van der Waals surface area contributed by atoms with Gasteiger partial charge in [0, 0.05) is 17.9 Å². The minimum Gasteiger partial charge on any atom is -0.354 e. The van der Waals surface area contributed by atoms with Crippen LogP contribution in [0.25, 0.3) is 6.08 Å². The molecule has 1 saturated heterocycles. The van der Waals surface area contributed by atoms with Crippen LogP contribution in [0.15, 0.2) is 64.4 Å². The van der Waals surface area contributed by atoms with Gasteiger partial charge >= 0.3 is 0 Å². The Morgan fingerprint density at radius 3 is 2.75 bits per heavy atom. The number of rotatable bonds is 7. The molecule has 2 aromatic carbocycles. The number of benzene rings is 2. The van der Waals surface area contributed by atoms with Gasteiger partial charge in [0.1, 0.15) is 6.54 Å². The standard InChI is InChI=1S/C26H31N3O2S/c1-20-10-7-8-16-28(20)17-9-15-27-25(30)19-29-22-13-5-6-14-23(22)32-24(26(29)31)18-21-11-3-2-4-12-21/h2-6,11-14,18,20H,7-10,15-17,19H2,1H3,(H,27,30)/p+1. The lowest BCUT2D eigenvalue weighted by Gasteiger charge is -2.30. The molecule has 2 unspecified atom stereocenters. The fourth-order valence-electron chi connectivity index (χ4n) is 4.49. The zero-order valence-corrected chi connectivity index (χ0v) is 19.5. The van der Waals surface area contributed by atoms with Crippen LogP contribution >= 0.6 is 11.8 Å². The predicted molar refractivity (Wildman–Crippen MR) is 131 cm³/mol. The number of carbonyl (C=O) groups excluding carboxylic acids is 2. The number of thioether (sulfide) groups is 1. The minimum absolute atomic E-state index is 0.0372. The van der Waals surface area contributed by atoms with Gasteiger partial charge in [0.05, 0.1) is 29.7 Å². The van der Waals surface area contributed by atoms with Gasteiger partial charge in [0.2, 0.25) is 5.91 Å². The van der Waals surface area contributed by atoms with Crippen LogP contribution in [0, 0.1) is 0 Å². The summed E-state index contributed by atoms with van der Waals surface area (Å²) < 4.78 is 0. The summed E-state index contributed by atoms with van der Waals surface area (Å²) in [5.41, 5.74) is 1.77. The maximum atomic E-state index is 13.3. The molecule has 0 aromatic heterocycles. The molecule has 4 rings (SSSR count). The van der Waals surface area contributed by atoms with E-state index in [1.54, 1.807) is 9.80 Å². The Kier molecular flexibility index (Phi) is 7.66. The molecule has 2 aliphatic heterocycles. The number of hydrogen-bond donors (Lipinski definition) is 2. The number of nitrogens with one attached hydrogen (secondary N) is 2. The average Bonchev–Trinajstić information content (AvgIpc) is 2.81. The van der Waals surface area contributed by atoms with E-state index >= 15 is 0 Å². The predicted octanol–water partition coefficient (Wildman–Crippen LogP) is 3.13. The van der Waals surface area contributed by atoms with E-state index in [4.69, 9.17) is 0 Å². The molecule has 2 aromatic rings. The van der Waals surface area contributed by atoms with Crippen LogP contribution in [0.3, 0.4) is 0 Å². The summed E-state index contributed by atoms with van der Waals surface area (Å²) >= 11 is 1.46. The van der Waals surface area contributed by atoms with Gasteiger partial charge in [0.15, 0.2) is 0 Å². The van der Waals surface area contributed by atoms with E-state index in [2.05, 4.69) is 12.2 Å². The zero-order chi connectivity index (χ0) is 22.3. The molecule has 2 N–H and O–H groups in total. The summed E-state index contributed by atoms with van der Waals surface area (Å²) in [6.45, 7) is 5.34. The summed E-state index contributed by atoms with van der Waals surface area (Å²) in [6, 6.07) is 18.3. The van der Waals surface area contributed by atoms with E-state index in [1.165, 1.54) is 37.6 Å². The highest BCUT2D eigenvalue weighted by Gasteiger charge is 2.30. The summed E-state index contributed by atoms with van der Waals surface area (Å²) in [5.74, 6) is -0.236. The van der Waals surface area contributed by atoms with Crippen molar-refractivity contribution >= 4 is 35.3 Å². The number of hydrogen-bond acceptors (Lipinski definition) is 3. The fourth-order valence-corrected chi connectivity index (χ4v) is 5.55. The van der Waals surface area contributed by atoms with Crippen LogP contribution in [0.4, 0.5) is 5.69 Å². The van der Waals surface area contributed by atoms with Crippen LogP contribution < -0.4 is 15.1 Å². The topological polar surface area (TPSA) is 53.9 Å². The molecule has 1 fully saturated rings. The van der Waals surface area contributed by atoms with Gasteiger partial charge in [-0.25, -0.2) is 0 Å². The van der Waals surface area contributed by atoms with Gasteiger partial charge in [-0.15, -0.1) is 0 Å². The van der Waals surface area contributed by atoms with Crippen molar-refractivity contribution in [3.8, 4) is 0 Å². The highest BCUT2D eigenvalue weighted by atomic mass is 32.2. The first-order valence-corrected chi connectivity index (χ1v) is 12.4. The molecule has 2 heterocycles. The molecule has 0 spiro atoms. The van der Waals surface area contributed by atoms with Crippen molar-refractivity contribution in [1.29, 1.82) is 0 Å². The average molecular weight is 451 g/mol. The Hall–Kier alpha value is -2.57. The molecule has 32 heavy (non-hydrogen) atoms. The molecule has 0 saturated carbocycles. The van der Waals surface area contributed by atoms with Crippen LogP contribution in [0.2, 0.25) is 0 Å². The second kappa shape index (κ2) is 10.8. The van der Waals surface area contributed by atoms with Gasteiger partial charge in [0.25, 0.3) is 5.91 Å². The Bertz CT molecular complexity index is 976. The Morgan fingerprint density at radius 1 is 1.16 bits per heavy atom. The normalized spacial score (nSPS) is 22.0. The number of quaternary nitrogens is 1. The number of nitrogens with zero attached hydrogens (tertiary/aromatic N) is 1. The first kappa shape index (κ1) is 22.6. The number of carbonyl (C=O) groups is 2. The van der Waals surface area contributed by atoms with Crippen molar-refractivity contribution in [1.82, 2.24) is 5.32 Å². The lowest BCUT2D eigenvalue weighted by molar-refractivity contribution is -0.928. The first-order chi connectivity index (χ1) is 15.6. The first-order valence-electron chi connectivity index (χ1n) is 11.6.